The Morgan fingerprint density at radius 2 is 1.92 bits per heavy atom. The Kier molecular flexibility index (Phi) is 5.71. The van der Waals surface area contributed by atoms with Gasteiger partial charge in [-0.2, -0.15) is 0 Å². The van der Waals surface area contributed by atoms with Gasteiger partial charge < -0.3 is 10.4 Å². The molecule has 1 aromatic heterocycles. The molecule has 8 nitrogen and oxygen atoms in total. The molecule has 0 radical (unpaired) electrons. The third kappa shape index (κ3) is 4.85. The number of non-ortho nitro benzene ring substituents is 1. The highest BCUT2D eigenvalue weighted by Crippen LogP contribution is 2.24. The minimum atomic E-state index is -1.33. The number of amides is 1. The van der Waals surface area contributed by atoms with Gasteiger partial charge in [0.25, 0.3) is 11.6 Å². The van der Waals surface area contributed by atoms with E-state index in [1.165, 1.54) is 11.3 Å². The smallest absolute Gasteiger partial charge is 0.335 e. The normalized spacial score (nSPS) is 11.2. The molecule has 138 valence electrons. The summed E-state index contributed by atoms with van der Waals surface area (Å²) in [5.74, 6) is -1.90. The van der Waals surface area contributed by atoms with E-state index >= 15 is 0 Å². The number of nitrogens with zero attached hydrogens (tertiary/aromatic N) is 2. The van der Waals surface area contributed by atoms with Gasteiger partial charge in [0.15, 0.2) is 0 Å². The van der Waals surface area contributed by atoms with Crippen molar-refractivity contribution in [2.24, 2.45) is 0 Å². The molecule has 1 aromatic carbocycles. The number of benzene rings is 1. The average Bonchev–Trinajstić information content (AvgIpc) is 3.03. The maximum Gasteiger partial charge on any atom is 0.335 e. The van der Waals surface area contributed by atoms with Gasteiger partial charge in [0.1, 0.15) is 0 Å². The summed E-state index contributed by atoms with van der Waals surface area (Å²) in [6.07, 6.45) is 0.521. The highest BCUT2D eigenvalue weighted by Gasteiger charge is 2.19. The van der Waals surface area contributed by atoms with Crippen LogP contribution in [0.25, 0.3) is 0 Å². The molecule has 0 unspecified atom stereocenters. The van der Waals surface area contributed by atoms with E-state index in [1.807, 2.05) is 5.38 Å². The van der Waals surface area contributed by atoms with Crippen LogP contribution in [0, 0.1) is 10.1 Å². The summed E-state index contributed by atoms with van der Waals surface area (Å²) in [5, 5.41) is 25.4. The number of carboxylic acid groups (broad SMARTS) is 1. The van der Waals surface area contributed by atoms with Crippen LogP contribution in [0.4, 0.5) is 5.69 Å². The molecule has 2 aromatic rings. The van der Waals surface area contributed by atoms with E-state index in [1.54, 1.807) is 0 Å². The Morgan fingerprint density at radius 1 is 1.27 bits per heavy atom. The molecule has 2 N–H and O–H groups in total. The Balaban J connectivity index is 2.05. The summed E-state index contributed by atoms with van der Waals surface area (Å²) in [7, 11) is 0. The lowest BCUT2D eigenvalue weighted by molar-refractivity contribution is -0.384. The molecule has 0 bridgehead atoms. The van der Waals surface area contributed by atoms with Gasteiger partial charge in [-0.25, -0.2) is 9.78 Å². The SMILES string of the molecule is CC(C)(C)c1csc(CCNC(=O)c2cc(C(=O)O)cc([N+](=O)[O-])c2)n1. The lowest BCUT2D eigenvalue weighted by atomic mass is 9.93. The summed E-state index contributed by atoms with van der Waals surface area (Å²) < 4.78 is 0. The maximum absolute atomic E-state index is 12.2. The molecule has 0 aliphatic carbocycles. The Labute approximate surface area is 154 Å². The van der Waals surface area contributed by atoms with E-state index in [-0.39, 0.29) is 16.5 Å². The zero-order valence-electron chi connectivity index (χ0n) is 14.6. The van der Waals surface area contributed by atoms with E-state index in [9.17, 15) is 19.7 Å². The topological polar surface area (TPSA) is 122 Å². The number of thiazole rings is 1. The maximum atomic E-state index is 12.2. The highest BCUT2D eigenvalue weighted by molar-refractivity contribution is 7.09. The number of nitrogens with one attached hydrogen (secondary N) is 1. The van der Waals surface area contributed by atoms with E-state index in [2.05, 4.69) is 31.1 Å². The summed E-state index contributed by atoms with van der Waals surface area (Å²) in [4.78, 5) is 38.0. The summed E-state index contributed by atoms with van der Waals surface area (Å²) in [5.41, 5.74) is 0.123. The quantitative estimate of drug-likeness (QED) is 0.589. The van der Waals surface area contributed by atoms with Crippen molar-refractivity contribution in [3.63, 3.8) is 0 Å². The molecule has 2 rings (SSSR count). The molecular weight excluding hydrogens is 358 g/mol. The van der Waals surface area contributed by atoms with Crippen molar-refractivity contribution in [1.82, 2.24) is 10.3 Å². The first-order chi connectivity index (χ1) is 12.1. The number of rotatable bonds is 6. The van der Waals surface area contributed by atoms with Gasteiger partial charge >= 0.3 is 5.97 Å². The molecule has 1 heterocycles. The number of hydrogen-bond donors (Lipinski definition) is 2. The molecule has 0 saturated heterocycles. The van der Waals surface area contributed by atoms with E-state index in [4.69, 9.17) is 5.11 Å². The van der Waals surface area contributed by atoms with Crippen molar-refractivity contribution in [1.29, 1.82) is 0 Å². The minimum absolute atomic E-state index is 0.0474. The van der Waals surface area contributed by atoms with Crippen molar-refractivity contribution < 1.29 is 19.6 Å². The zero-order chi connectivity index (χ0) is 19.5. The molecule has 26 heavy (non-hydrogen) atoms. The predicted molar refractivity (Wildman–Crippen MR) is 96.9 cm³/mol. The second-order valence-electron chi connectivity index (χ2n) is 6.71. The average molecular weight is 377 g/mol. The third-order valence-corrected chi connectivity index (χ3v) is 4.49. The third-order valence-electron chi connectivity index (χ3n) is 3.58. The monoisotopic (exact) mass is 377 g/mol. The van der Waals surface area contributed by atoms with Crippen LogP contribution in [0.3, 0.4) is 0 Å². The lowest BCUT2D eigenvalue weighted by Crippen LogP contribution is -2.26. The molecule has 0 aliphatic rings. The molecule has 0 atom stereocenters. The molecule has 9 heteroatoms. The van der Waals surface area contributed by atoms with Gasteiger partial charge in [-0.15, -0.1) is 11.3 Å². The number of aromatic nitrogens is 1. The Morgan fingerprint density at radius 3 is 2.46 bits per heavy atom. The van der Waals surface area contributed by atoms with Crippen molar-refractivity contribution in [3.8, 4) is 0 Å². The van der Waals surface area contributed by atoms with Crippen LogP contribution < -0.4 is 5.32 Å². The highest BCUT2D eigenvalue weighted by atomic mass is 32.1. The van der Waals surface area contributed by atoms with Crippen molar-refractivity contribution in [3.05, 3.63) is 55.5 Å². The standard InChI is InChI=1S/C17H19N3O5S/c1-17(2,3)13-9-26-14(19-13)4-5-18-15(21)10-6-11(16(22)23)8-12(7-10)20(24)25/h6-9H,4-5H2,1-3H3,(H,18,21)(H,22,23). The van der Waals surface area contributed by atoms with Gasteiger partial charge in [0.05, 0.1) is 21.2 Å². The fourth-order valence-electron chi connectivity index (χ4n) is 2.13. The van der Waals surface area contributed by atoms with Gasteiger partial charge in [0, 0.05) is 41.5 Å². The number of carboxylic acids is 1. The fourth-order valence-corrected chi connectivity index (χ4v) is 3.15. The molecular formula is C17H19N3O5S. The number of hydrogen-bond acceptors (Lipinski definition) is 6. The number of carbonyl (C=O) groups excluding carboxylic acids is 1. The lowest BCUT2D eigenvalue weighted by Gasteiger charge is -2.14. The van der Waals surface area contributed by atoms with Crippen LogP contribution in [-0.4, -0.2) is 33.4 Å². The first kappa shape index (κ1) is 19.5. The van der Waals surface area contributed by atoms with Crippen LogP contribution in [0.5, 0.6) is 0 Å². The number of carbonyl (C=O) groups is 2. The molecule has 0 saturated carbocycles. The van der Waals surface area contributed by atoms with Crippen molar-refractivity contribution in [2.45, 2.75) is 32.6 Å². The summed E-state index contributed by atoms with van der Waals surface area (Å²) in [6, 6.07) is 3.09. The predicted octanol–water partition coefficient (Wildman–Crippen LogP) is 3.02. The van der Waals surface area contributed by atoms with Gasteiger partial charge in [-0.3, -0.25) is 14.9 Å². The Bertz CT molecular complexity index is 822. The number of nitro groups is 1. The van der Waals surface area contributed by atoms with Crippen LogP contribution in [0.2, 0.25) is 0 Å². The van der Waals surface area contributed by atoms with Crippen LogP contribution >= 0.6 is 11.3 Å². The van der Waals surface area contributed by atoms with Crippen LogP contribution in [0.15, 0.2) is 23.6 Å². The summed E-state index contributed by atoms with van der Waals surface area (Å²) >= 11 is 1.51. The van der Waals surface area contributed by atoms with Crippen molar-refractivity contribution in [2.75, 3.05) is 6.54 Å². The molecule has 0 aliphatic heterocycles. The molecule has 0 spiro atoms. The fraction of sp³-hybridized carbons (Fsp3) is 0.353. The van der Waals surface area contributed by atoms with Gasteiger partial charge in [-0.1, -0.05) is 20.8 Å². The largest absolute Gasteiger partial charge is 0.478 e. The van der Waals surface area contributed by atoms with Crippen LogP contribution in [-0.2, 0) is 11.8 Å². The first-order valence-corrected chi connectivity index (χ1v) is 8.72. The summed E-state index contributed by atoms with van der Waals surface area (Å²) in [6.45, 7) is 6.49. The molecule has 1 amide bonds. The van der Waals surface area contributed by atoms with Crippen molar-refractivity contribution >= 4 is 28.9 Å². The van der Waals surface area contributed by atoms with Gasteiger partial charge in [0.2, 0.25) is 0 Å². The molecule has 0 fully saturated rings. The van der Waals surface area contributed by atoms with E-state index in [0.29, 0.717) is 13.0 Å². The zero-order valence-corrected chi connectivity index (χ0v) is 15.4. The number of aromatic carboxylic acids is 1. The second-order valence-corrected chi connectivity index (χ2v) is 7.66. The second kappa shape index (κ2) is 7.61. The van der Waals surface area contributed by atoms with E-state index in [0.717, 1.165) is 28.9 Å². The van der Waals surface area contributed by atoms with Crippen LogP contribution in [0.1, 0.15) is 52.2 Å². The Hall–Kier alpha value is -2.81. The van der Waals surface area contributed by atoms with E-state index < -0.39 is 22.5 Å². The first-order valence-electron chi connectivity index (χ1n) is 7.84. The van der Waals surface area contributed by atoms with Gasteiger partial charge in [-0.05, 0) is 6.07 Å². The number of nitro benzene ring substituents is 1. The minimum Gasteiger partial charge on any atom is -0.478 e.